The molecule has 19 heavy (non-hydrogen) atoms. The first-order valence-electron chi connectivity index (χ1n) is 7.62. The Balaban J connectivity index is 1.68. The number of nitrogens with one attached hydrogen (secondary N) is 1. The van der Waals surface area contributed by atoms with Gasteiger partial charge in [-0.05, 0) is 51.6 Å². The summed E-state index contributed by atoms with van der Waals surface area (Å²) >= 11 is 0. The highest BCUT2D eigenvalue weighted by Crippen LogP contribution is 2.41. The van der Waals surface area contributed by atoms with Crippen LogP contribution in [-0.4, -0.2) is 51.2 Å². The third-order valence-corrected chi connectivity index (χ3v) is 4.77. The van der Waals surface area contributed by atoms with E-state index in [2.05, 4.69) is 17.3 Å². The SMILES string of the molecule is COCC1(C(=O)NCC[C@@H]2CCCN(C)C2)CCC1. The van der Waals surface area contributed by atoms with Crippen LogP contribution >= 0.6 is 0 Å². The molecule has 0 aromatic heterocycles. The molecule has 1 saturated heterocycles. The van der Waals surface area contributed by atoms with Gasteiger partial charge in [0.1, 0.15) is 0 Å². The van der Waals surface area contributed by atoms with Crippen molar-refractivity contribution in [3.05, 3.63) is 0 Å². The van der Waals surface area contributed by atoms with Crippen LogP contribution < -0.4 is 5.32 Å². The maximum absolute atomic E-state index is 12.2. The predicted octanol–water partition coefficient (Wildman–Crippen LogP) is 1.65. The molecule has 2 rings (SSSR count). The minimum absolute atomic E-state index is 0.210. The summed E-state index contributed by atoms with van der Waals surface area (Å²) in [6.07, 6.45) is 6.84. The Kier molecular flexibility index (Phi) is 5.22. The first-order chi connectivity index (χ1) is 9.16. The topological polar surface area (TPSA) is 41.6 Å². The van der Waals surface area contributed by atoms with Gasteiger partial charge in [-0.3, -0.25) is 4.79 Å². The van der Waals surface area contributed by atoms with Crippen molar-refractivity contribution in [3.63, 3.8) is 0 Å². The van der Waals surface area contributed by atoms with Crippen LogP contribution in [-0.2, 0) is 9.53 Å². The van der Waals surface area contributed by atoms with Gasteiger partial charge >= 0.3 is 0 Å². The summed E-state index contributed by atoms with van der Waals surface area (Å²) < 4.78 is 5.21. The highest BCUT2D eigenvalue weighted by Gasteiger charge is 2.43. The van der Waals surface area contributed by atoms with Crippen LogP contribution in [0.2, 0.25) is 0 Å². The number of likely N-dealkylation sites (tertiary alicyclic amines) is 1. The van der Waals surface area contributed by atoms with Crippen molar-refractivity contribution in [1.82, 2.24) is 10.2 Å². The van der Waals surface area contributed by atoms with Crippen molar-refractivity contribution in [2.75, 3.05) is 40.4 Å². The Morgan fingerprint density at radius 1 is 1.42 bits per heavy atom. The van der Waals surface area contributed by atoms with Crippen molar-refractivity contribution in [3.8, 4) is 0 Å². The molecule has 1 N–H and O–H groups in total. The lowest BCUT2D eigenvalue weighted by atomic mass is 9.68. The van der Waals surface area contributed by atoms with E-state index in [1.165, 1.54) is 25.9 Å². The van der Waals surface area contributed by atoms with Crippen molar-refractivity contribution >= 4 is 5.91 Å². The van der Waals surface area contributed by atoms with Crippen molar-refractivity contribution in [2.45, 2.75) is 38.5 Å². The van der Waals surface area contributed by atoms with Gasteiger partial charge in [-0.15, -0.1) is 0 Å². The van der Waals surface area contributed by atoms with Gasteiger partial charge in [-0.1, -0.05) is 6.42 Å². The molecule has 0 bridgehead atoms. The predicted molar refractivity (Wildman–Crippen MR) is 76.0 cm³/mol. The van der Waals surface area contributed by atoms with Gasteiger partial charge in [-0.25, -0.2) is 0 Å². The van der Waals surface area contributed by atoms with Gasteiger partial charge in [-0.2, -0.15) is 0 Å². The second-order valence-electron chi connectivity index (χ2n) is 6.38. The van der Waals surface area contributed by atoms with Gasteiger partial charge in [0.05, 0.1) is 12.0 Å². The standard InChI is InChI=1S/C15H28N2O2/c1-17-10-3-5-13(11-17)6-9-16-14(18)15(12-19-2)7-4-8-15/h13H,3-12H2,1-2H3,(H,16,18)/t13-/m0/s1. The number of hydrogen-bond donors (Lipinski definition) is 1. The van der Waals surface area contributed by atoms with Crippen LogP contribution in [0.4, 0.5) is 0 Å². The lowest BCUT2D eigenvalue weighted by Gasteiger charge is -2.39. The average molecular weight is 268 g/mol. The number of methoxy groups -OCH3 is 1. The van der Waals surface area contributed by atoms with E-state index in [0.717, 1.165) is 38.1 Å². The molecule has 1 aliphatic carbocycles. The Bertz CT molecular complexity index is 303. The Labute approximate surface area is 116 Å². The minimum atomic E-state index is -0.210. The molecule has 110 valence electrons. The van der Waals surface area contributed by atoms with Crippen LogP contribution in [0.1, 0.15) is 38.5 Å². The molecule has 4 nitrogen and oxygen atoms in total. The normalized spacial score (nSPS) is 26.7. The smallest absolute Gasteiger partial charge is 0.228 e. The summed E-state index contributed by atoms with van der Waals surface area (Å²) in [5.41, 5.74) is -0.210. The van der Waals surface area contributed by atoms with E-state index in [1.807, 2.05) is 0 Å². The van der Waals surface area contributed by atoms with E-state index in [1.54, 1.807) is 7.11 Å². The molecule has 4 heteroatoms. The third kappa shape index (κ3) is 3.69. The summed E-state index contributed by atoms with van der Waals surface area (Å²) in [7, 11) is 3.87. The van der Waals surface area contributed by atoms with Gasteiger partial charge < -0.3 is 15.0 Å². The number of ether oxygens (including phenoxy) is 1. The fourth-order valence-corrected chi connectivity index (χ4v) is 3.40. The van der Waals surface area contributed by atoms with Gasteiger partial charge in [0.2, 0.25) is 5.91 Å². The van der Waals surface area contributed by atoms with E-state index in [4.69, 9.17) is 4.74 Å². The Hall–Kier alpha value is -0.610. The fourth-order valence-electron chi connectivity index (χ4n) is 3.40. The fraction of sp³-hybridized carbons (Fsp3) is 0.933. The summed E-state index contributed by atoms with van der Waals surface area (Å²) in [6, 6.07) is 0. The van der Waals surface area contributed by atoms with E-state index in [-0.39, 0.29) is 11.3 Å². The van der Waals surface area contributed by atoms with E-state index >= 15 is 0 Å². The molecule has 0 unspecified atom stereocenters. The van der Waals surface area contributed by atoms with Gasteiger partial charge in [0.15, 0.2) is 0 Å². The quantitative estimate of drug-likeness (QED) is 0.796. The van der Waals surface area contributed by atoms with Crippen molar-refractivity contribution < 1.29 is 9.53 Å². The first-order valence-corrected chi connectivity index (χ1v) is 7.62. The third-order valence-electron chi connectivity index (χ3n) is 4.77. The van der Waals surface area contributed by atoms with Crippen molar-refractivity contribution in [1.29, 1.82) is 0 Å². The zero-order valence-electron chi connectivity index (χ0n) is 12.4. The number of amides is 1. The molecule has 1 aliphatic heterocycles. The molecule has 1 heterocycles. The molecule has 1 atom stereocenters. The maximum atomic E-state index is 12.2. The van der Waals surface area contributed by atoms with Crippen LogP contribution in [0.3, 0.4) is 0 Å². The van der Waals surface area contributed by atoms with Gasteiger partial charge in [0.25, 0.3) is 0 Å². The van der Waals surface area contributed by atoms with E-state index in [9.17, 15) is 4.79 Å². The maximum Gasteiger partial charge on any atom is 0.228 e. The molecule has 0 aromatic carbocycles. The highest BCUT2D eigenvalue weighted by molar-refractivity contribution is 5.83. The van der Waals surface area contributed by atoms with Crippen LogP contribution in [0.5, 0.6) is 0 Å². The Morgan fingerprint density at radius 2 is 2.21 bits per heavy atom. The molecule has 0 aromatic rings. The van der Waals surface area contributed by atoms with E-state index < -0.39 is 0 Å². The lowest BCUT2D eigenvalue weighted by Crippen LogP contribution is -2.49. The molecule has 2 fully saturated rings. The van der Waals surface area contributed by atoms with Crippen LogP contribution in [0.15, 0.2) is 0 Å². The molecule has 2 aliphatic rings. The van der Waals surface area contributed by atoms with Gasteiger partial charge in [0, 0.05) is 20.2 Å². The molecular formula is C15H28N2O2. The minimum Gasteiger partial charge on any atom is -0.384 e. The highest BCUT2D eigenvalue weighted by atomic mass is 16.5. The first kappa shape index (κ1) is 14.8. The molecule has 0 radical (unpaired) electrons. The zero-order valence-corrected chi connectivity index (χ0v) is 12.4. The second kappa shape index (κ2) is 6.71. The Morgan fingerprint density at radius 3 is 2.79 bits per heavy atom. The number of nitrogens with zero attached hydrogens (tertiary/aromatic N) is 1. The lowest BCUT2D eigenvalue weighted by molar-refractivity contribution is -0.140. The van der Waals surface area contributed by atoms with Crippen LogP contribution in [0.25, 0.3) is 0 Å². The molecule has 0 spiro atoms. The zero-order chi connectivity index (χ0) is 13.7. The number of carbonyl (C=O) groups is 1. The van der Waals surface area contributed by atoms with E-state index in [0.29, 0.717) is 6.61 Å². The monoisotopic (exact) mass is 268 g/mol. The summed E-state index contributed by atoms with van der Waals surface area (Å²) in [4.78, 5) is 14.6. The summed E-state index contributed by atoms with van der Waals surface area (Å²) in [5, 5.41) is 3.13. The average Bonchev–Trinajstić information content (AvgIpc) is 2.33. The van der Waals surface area contributed by atoms with Crippen molar-refractivity contribution in [2.24, 2.45) is 11.3 Å². The summed E-state index contributed by atoms with van der Waals surface area (Å²) in [5.74, 6) is 0.962. The largest absolute Gasteiger partial charge is 0.384 e. The molecule has 1 saturated carbocycles. The number of hydrogen-bond acceptors (Lipinski definition) is 3. The number of rotatable bonds is 6. The second-order valence-corrected chi connectivity index (χ2v) is 6.38. The number of carbonyl (C=O) groups excluding carboxylic acids is 1. The molecular weight excluding hydrogens is 240 g/mol. The summed E-state index contributed by atoms with van der Waals surface area (Å²) in [6.45, 7) is 3.80. The molecule has 1 amide bonds. The van der Waals surface area contributed by atoms with Crippen LogP contribution in [0, 0.1) is 11.3 Å². The number of piperidine rings is 1.